The highest BCUT2D eigenvalue weighted by Crippen LogP contribution is 2.32. The topological polar surface area (TPSA) is 72.7 Å². The molecular weight excluding hydrogens is 585 g/mol. The molecule has 36 heavy (non-hydrogen) atoms. The van der Waals surface area contributed by atoms with Gasteiger partial charge in [0, 0.05) is 9.26 Å². The molecule has 8 heteroatoms. The Balaban J connectivity index is 1.68. The number of ether oxygens (including phenoxy) is 1. The zero-order chi connectivity index (χ0) is 25.2. The fraction of sp³-hybridized carbons (Fsp3) is 0.107. The second kappa shape index (κ2) is 10.2. The third kappa shape index (κ3) is 4.78. The predicted molar refractivity (Wildman–Crippen MR) is 151 cm³/mol. The molecule has 3 aromatic carbocycles. The summed E-state index contributed by atoms with van der Waals surface area (Å²) in [5.74, 6) is 0.341. The Hall–Kier alpha value is -3.50. The van der Waals surface area contributed by atoms with Crippen LogP contribution in [0.1, 0.15) is 24.1 Å². The number of para-hydroxylation sites is 1. The Bertz CT molecular complexity index is 1650. The summed E-state index contributed by atoms with van der Waals surface area (Å²) in [6.07, 6.45) is 1.87. The van der Waals surface area contributed by atoms with Crippen molar-refractivity contribution >= 4 is 51.6 Å². The summed E-state index contributed by atoms with van der Waals surface area (Å²) in [7, 11) is 1.59. The number of rotatable bonds is 5. The molecule has 0 unspecified atom stereocenters. The normalized spacial score (nSPS) is 15.3. The van der Waals surface area contributed by atoms with Crippen molar-refractivity contribution in [2.24, 2.45) is 4.99 Å². The molecule has 0 spiro atoms. The molecule has 0 saturated carbocycles. The van der Waals surface area contributed by atoms with Crippen molar-refractivity contribution in [1.82, 2.24) is 4.57 Å². The molecule has 5 rings (SSSR count). The Kier molecular flexibility index (Phi) is 6.88. The van der Waals surface area contributed by atoms with Crippen LogP contribution in [-0.2, 0) is 4.79 Å². The third-order valence-corrected chi connectivity index (χ3v) is 7.58. The fourth-order valence-corrected chi connectivity index (χ4v) is 5.58. The molecule has 1 atom stereocenters. The first-order chi connectivity index (χ1) is 17.4. The zero-order valence-electron chi connectivity index (χ0n) is 19.6. The number of methoxy groups -OCH3 is 1. The lowest BCUT2D eigenvalue weighted by Crippen LogP contribution is -2.40. The molecule has 180 valence electrons. The van der Waals surface area contributed by atoms with Gasteiger partial charge in [0.15, 0.2) is 4.80 Å². The monoisotopic (exact) mass is 607 g/mol. The highest BCUT2D eigenvalue weighted by molar-refractivity contribution is 14.1. The van der Waals surface area contributed by atoms with Crippen molar-refractivity contribution in [3.05, 3.63) is 125 Å². The Labute approximate surface area is 225 Å². The lowest BCUT2D eigenvalue weighted by molar-refractivity contribution is -0.113. The molecular formula is C28H22IN3O3S. The first-order valence-electron chi connectivity index (χ1n) is 11.2. The van der Waals surface area contributed by atoms with E-state index in [1.165, 1.54) is 11.3 Å². The van der Waals surface area contributed by atoms with Crippen molar-refractivity contribution in [2.45, 2.75) is 13.0 Å². The quantitative estimate of drug-likeness (QED) is 0.340. The van der Waals surface area contributed by atoms with Gasteiger partial charge in [-0.15, -0.1) is 0 Å². The summed E-state index contributed by atoms with van der Waals surface area (Å²) in [6, 6.07) is 24.0. The summed E-state index contributed by atoms with van der Waals surface area (Å²) < 4.78 is 8.74. The van der Waals surface area contributed by atoms with Gasteiger partial charge in [0.1, 0.15) is 5.75 Å². The van der Waals surface area contributed by atoms with Gasteiger partial charge in [-0.2, -0.15) is 0 Å². The van der Waals surface area contributed by atoms with E-state index in [4.69, 9.17) is 9.73 Å². The molecule has 0 bridgehead atoms. The number of nitrogens with zero attached hydrogens (tertiary/aromatic N) is 2. The fourth-order valence-electron chi connectivity index (χ4n) is 4.17. The van der Waals surface area contributed by atoms with Gasteiger partial charge in [-0.3, -0.25) is 14.2 Å². The number of thiazole rings is 1. The number of amides is 1. The standard InChI is InChI=1S/C28H22IN3O3S/c1-17-24(26(33)31-21-8-4-3-5-9-21)25(19-7-6-10-22(16-19)35-2)32-27(34)23(36-28(32)30-17)15-18-11-13-20(29)14-12-18/h3-16,25H,1-2H3,(H,31,33)/b23-15-/t25-/m0/s1. The summed E-state index contributed by atoms with van der Waals surface area (Å²) in [5, 5.41) is 2.96. The van der Waals surface area contributed by atoms with Crippen molar-refractivity contribution in [3.8, 4) is 5.75 Å². The number of nitrogens with one attached hydrogen (secondary N) is 1. The highest BCUT2D eigenvalue weighted by Gasteiger charge is 2.32. The van der Waals surface area contributed by atoms with Crippen LogP contribution in [0.3, 0.4) is 0 Å². The van der Waals surface area contributed by atoms with E-state index >= 15 is 0 Å². The van der Waals surface area contributed by atoms with E-state index in [0.29, 0.717) is 32.0 Å². The van der Waals surface area contributed by atoms with Gasteiger partial charge in [-0.25, -0.2) is 4.99 Å². The Morgan fingerprint density at radius 3 is 2.56 bits per heavy atom. The van der Waals surface area contributed by atoms with Crippen LogP contribution in [-0.4, -0.2) is 17.6 Å². The third-order valence-electron chi connectivity index (χ3n) is 5.88. The largest absolute Gasteiger partial charge is 0.497 e. The zero-order valence-corrected chi connectivity index (χ0v) is 22.5. The molecule has 0 fully saturated rings. The van der Waals surface area contributed by atoms with Crippen LogP contribution < -0.4 is 24.9 Å². The smallest absolute Gasteiger partial charge is 0.271 e. The van der Waals surface area contributed by atoms with Crippen molar-refractivity contribution in [2.75, 3.05) is 12.4 Å². The van der Waals surface area contributed by atoms with Crippen LogP contribution in [0, 0.1) is 3.57 Å². The van der Waals surface area contributed by atoms with Crippen molar-refractivity contribution in [3.63, 3.8) is 0 Å². The minimum atomic E-state index is -0.654. The number of allylic oxidation sites excluding steroid dienone is 1. The molecule has 1 N–H and O–H groups in total. The highest BCUT2D eigenvalue weighted by atomic mass is 127. The lowest BCUT2D eigenvalue weighted by atomic mass is 9.95. The molecule has 4 aromatic rings. The number of hydrogen-bond acceptors (Lipinski definition) is 5. The van der Waals surface area contributed by atoms with Gasteiger partial charge in [-0.05, 0) is 83.1 Å². The molecule has 0 radical (unpaired) electrons. The average molecular weight is 607 g/mol. The van der Waals surface area contributed by atoms with Gasteiger partial charge in [0.05, 0.1) is 29.0 Å². The number of anilines is 1. The van der Waals surface area contributed by atoms with E-state index in [9.17, 15) is 9.59 Å². The average Bonchev–Trinajstić information content (AvgIpc) is 3.19. The first-order valence-corrected chi connectivity index (χ1v) is 13.1. The number of fused-ring (bicyclic) bond motifs is 1. The van der Waals surface area contributed by atoms with Gasteiger partial charge in [-0.1, -0.05) is 53.8 Å². The number of carbonyl (C=O) groups is 1. The van der Waals surface area contributed by atoms with E-state index < -0.39 is 6.04 Å². The van der Waals surface area contributed by atoms with Crippen LogP contribution in [0.2, 0.25) is 0 Å². The molecule has 0 saturated heterocycles. The molecule has 1 aliphatic heterocycles. The van der Waals surface area contributed by atoms with Crippen LogP contribution in [0.5, 0.6) is 5.75 Å². The Morgan fingerprint density at radius 2 is 1.83 bits per heavy atom. The van der Waals surface area contributed by atoms with Gasteiger partial charge >= 0.3 is 0 Å². The molecule has 6 nitrogen and oxygen atoms in total. The Morgan fingerprint density at radius 1 is 1.08 bits per heavy atom. The van der Waals surface area contributed by atoms with Crippen LogP contribution >= 0.6 is 33.9 Å². The minimum absolute atomic E-state index is 0.192. The second-order valence-corrected chi connectivity index (χ2v) is 10.5. The van der Waals surface area contributed by atoms with Gasteiger partial charge < -0.3 is 10.1 Å². The summed E-state index contributed by atoms with van der Waals surface area (Å²) in [5.41, 5.74) is 3.16. The van der Waals surface area contributed by atoms with Crippen LogP contribution in [0.25, 0.3) is 6.08 Å². The molecule has 1 aromatic heterocycles. The maximum atomic E-state index is 13.8. The molecule has 2 heterocycles. The van der Waals surface area contributed by atoms with E-state index in [-0.39, 0.29) is 11.5 Å². The number of benzene rings is 3. The molecule has 1 aliphatic rings. The predicted octanol–water partition coefficient (Wildman–Crippen LogP) is 4.49. The van der Waals surface area contributed by atoms with Gasteiger partial charge in [0.25, 0.3) is 11.5 Å². The summed E-state index contributed by atoms with van der Waals surface area (Å²) in [4.78, 5) is 32.6. The summed E-state index contributed by atoms with van der Waals surface area (Å²) >= 11 is 3.57. The van der Waals surface area contributed by atoms with E-state index in [1.807, 2.05) is 91.9 Å². The molecule has 0 aliphatic carbocycles. The van der Waals surface area contributed by atoms with E-state index in [2.05, 4.69) is 27.9 Å². The summed E-state index contributed by atoms with van der Waals surface area (Å²) in [6.45, 7) is 1.81. The number of halogens is 1. The van der Waals surface area contributed by atoms with E-state index in [1.54, 1.807) is 11.7 Å². The SMILES string of the molecule is COc1cccc([C@H]2C(C(=O)Nc3ccccc3)=C(C)N=c3s/c(=C\c4ccc(I)cc4)c(=O)n32)c1. The van der Waals surface area contributed by atoms with Crippen LogP contribution in [0.4, 0.5) is 5.69 Å². The van der Waals surface area contributed by atoms with Crippen molar-refractivity contribution < 1.29 is 9.53 Å². The van der Waals surface area contributed by atoms with E-state index in [0.717, 1.165) is 14.7 Å². The molecule has 1 amide bonds. The van der Waals surface area contributed by atoms with Gasteiger partial charge in [0.2, 0.25) is 0 Å². The van der Waals surface area contributed by atoms with Crippen molar-refractivity contribution in [1.29, 1.82) is 0 Å². The van der Waals surface area contributed by atoms with Crippen LogP contribution in [0.15, 0.2) is 99.9 Å². The maximum Gasteiger partial charge on any atom is 0.271 e. The number of aromatic nitrogens is 1. The maximum absolute atomic E-state index is 13.8. The first kappa shape index (κ1) is 24.2. The number of hydrogen-bond donors (Lipinski definition) is 1. The minimum Gasteiger partial charge on any atom is -0.497 e. The number of carbonyl (C=O) groups excluding carboxylic acids is 1. The second-order valence-electron chi connectivity index (χ2n) is 8.23. The lowest BCUT2D eigenvalue weighted by Gasteiger charge is -2.25.